The van der Waals surface area contributed by atoms with Gasteiger partial charge in [-0.3, -0.25) is 4.79 Å². The molecule has 4 bridgehead atoms. The van der Waals surface area contributed by atoms with Gasteiger partial charge in [0, 0.05) is 19.6 Å². The first kappa shape index (κ1) is 18.1. The minimum Gasteiger partial charge on any atom is -0.345 e. The molecule has 0 heterocycles. The molecule has 1 atom stereocenters. The van der Waals surface area contributed by atoms with Crippen molar-refractivity contribution in [3.8, 4) is 0 Å². The Hall–Kier alpha value is -0.280. The van der Waals surface area contributed by atoms with E-state index >= 15 is 0 Å². The van der Waals surface area contributed by atoms with Crippen molar-refractivity contribution in [2.45, 2.75) is 64.8 Å². The number of rotatable bonds is 5. The Morgan fingerprint density at radius 2 is 1.59 bits per heavy atom. The Bertz CT molecular complexity index is 375. The van der Waals surface area contributed by atoms with E-state index < -0.39 is 0 Å². The minimum absolute atomic E-state index is 0. The van der Waals surface area contributed by atoms with Crippen LogP contribution in [0.15, 0.2) is 0 Å². The number of carbonyl (C=O) groups is 1. The lowest BCUT2D eigenvalue weighted by Gasteiger charge is -2.56. The van der Waals surface area contributed by atoms with Gasteiger partial charge in [0.1, 0.15) is 0 Å². The zero-order valence-electron chi connectivity index (χ0n) is 14.4. The van der Waals surface area contributed by atoms with Crippen LogP contribution in [0.5, 0.6) is 0 Å². The summed E-state index contributed by atoms with van der Waals surface area (Å²) >= 11 is 0. The summed E-state index contributed by atoms with van der Waals surface area (Å²) in [6, 6.07) is 0.205. The predicted octanol–water partition coefficient (Wildman–Crippen LogP) is 3.46. The second-order valence-corrected chi connectivity index (χ2v) is 8.62. The van der Waals surface area contributed by atoms with E-state index in [2.05, 4.69) is 13.8 Å². The van der Waals surface area contributed by atoms with Crippen LogP contribution < -0.4 is 5.73 Å². The average Bonchev–Trinajstić information content (AvgIpc) is 2.41. The molecule has 4 aliphatic rings. The number of amides is 1. The van der Waals surface area contributed by atoms with Crippen LogP contribution in [-0.2, 0) is 4.79 Å². The van der Waals surface area contributed by atoms with Crippen molar-refractivity contribution in [2.75, 3.05) is 13.6 Å². The van der Waals surface area contributed by atoms with Gasteiger partial charge in [-0.25, -0.2) is 0 Å². The summed E-state index contributed by atoms with van der Waals surface area (Å²) in [5, 5.41) is 0. The Balaban J connectivity index is 0.00000176. The predicted molar refractivity (Wildman–Crippen MR) is 92.9 cm³/mol. The molecular weight excluding hydrogens is 296 g/mol. The summed E-state index contributed by atoms with van der Waals surface area (Å²) in [6.07, 6.45) is 8.61. The molecule has 0 radical (unpaired) electrons. The van der Waals surface area contributed by atoms with Gasteiger partial charge in [-0.05, 0) is 68.6 Å². The summed E-state index contributed by atoms with van der Waals surface area (Å²) in [5.41, 5.74) is 6.14. The van der Waals surface area contributed by atoms with Crippen molar-refractivity contribution in [2.24, 2.45) is 34.8 Å². The van der Waals surface area contributed by atoms with Crippen LogP contribution in [0.25, 0.3) is 0 Å². The SMILES string of the molecule is CC(C)C(N)CCN(C)C(=O)C12CC3CC(CC(C3)C1)C2.Cl. The van der Waals surface area contributed by atoms with E-state index in [-0.39, 0.29) is 23.9 Å². The molecule has 2 N–H and O–H groups in total. The molecule has 22 heavy (non-hydrogen) atoms. The lowest BCUT2D eigenvalue weighted by Crippen LogP contribution is -2.54. The number of halogens is 1. The molecule has 0 aliphatic heterocycles. The van der Waals surface area contributed by atoms with Crippen LogP contribution in [0.3, 0.4) is 0 Å². The third-order valence-electron chi connectivity index (χ3n) is 6.49. The fourth-order valence-corrected chi connectivity index (χ4v) is 5.56. The fourth-order valence-electron chi connectivity index (χ4n) is 5.56. The highest BCUT2D eigenvalue weighted by atomic mass is 35.5. The van der Waals surface area contributed by atoms with Gasteiger partial charge in [0.25, 0.3) is 0 Å². The molecule has 0 saturated heterocycles. The number of carbonyl (C=O) groups excluding carboxylic acids is 1. The van der Waals surface area contributed by atoms with E-state index in [1.165, 1.54) is 38.5 Å². The molecular formula is C18H33ClN2O. The van der Waals surface area contributed by atoms with E-state index in [1.807, 2.05) is 11.9 Å². The topological polar surface area (TPSA) is 46.3 Å². The average molecular weight is 329 g/mol. The number of nitrogens with two attached hydrogens (primary N) is 1. The highest BCUT2D eigenvalue weighted by Gasteiger charge is 2.55. The van der Waals surface area contributed by atoms with Crippen LogP contribution in [0.2, 0.25) is 0 Å². The smallest absolute Gasteiger partial charge is 0.228 e. The highest BCUT2D eigenvalue weighted by molar-refractivity contribution is 5.85. The maximum absolute atomic E-state index is 13.1. The first-order valence-electron chi connectivity index (χ1n) is 8.91. The Morgan fingerprint density at radius 1 is 1.14 bits per heavy atom. The van der Waals surface area contributed by atoms with E-state index in [0.717, 1.165) is 30.7 Å². The Morgan fingerprint density at radius 3 is 2.00 bits per heavy atom. The van der Waals surface area contributed by atoms with Gasteiger partial charge in [0.05, 0.1) is 5.41 Å². The summed E-state index contributed by atoms with van der Waals surface area (Å²) < 4.78 is 0. The molecule has 128 valence electrons. The van der Waals surface area contributed by atoms with E-state index in [9.17, 15) is 4.79 Å². The quantitative estimate of drug-likeness (QED) is 0.840. The summed E-state index contributed by atoms with van der Waals surface area (Å²) in [6.45, 7) is 5.14. The van der Waals surface area contributed by atoms with Crippen molar-refractivity contribution in [3.63, 3.8) is 0 Å². The van der Waals surface area contributed by atoms with Crippen LogP contribution in [-0.4, -0.2) is 30.4 Å². The molecule has 4 saturated carbocycles. The number of hydrogen-bond acceptors (Lipinski definition) is 2. The maximum Gasteiger partial charge on any atom is 0.228 e. The van der Waals surface area contributed by atoms with Crippen molar-refractivity contribution in [3.05, 3.63) is 0 Å². The van der Waals surface area contributed by atoms with Crippen molar-refractivity contribution in [1.82, 2.24) is 4.90 Å². The zero-order valence-corrected chi connectivity index (χ0v) is 15.2. The first-order valence-corrected chi connectivity index (χ1v) is 8.91. The molecule has 0 aromatic rings. The largest absolute Gasteiger partial charge is 0.345 e. The summed E-state index contributed by atoms with van der Waals surface area (Å²) in [5.74, 6) is 3.44. The van der Waals surface area contributed by atoms with Gasteiger partial charge < -0.3 is 10.6 Å². The highest BCUT2D eigenvalue weighted by Crippen LogP contribution is 2.60. The van der Waals surface area contributed by atoms with Crippen LogP contribution in [0.1, 0.15) is 58.8 Å². The molecule has 4 heteroatoms. The number of nitrogens with zero attached hydrogens (tertiary/aromatic N) is 1. The third kappa shape index (κ3) is 3.31. The van der Waals surface area contributed by atoms with Crippen molar-refractivity contribution in [1.29, 1.82) is 0 Å². The lowest BCUT2D eigenvalue weighted by molar-refractivity contribution is -0.156. The zero-order chi connectivity index (χ0) is 15.2. The molecule has 0 spiro atoms. The Labute approximate surface area is 141 Å². The molecule has 1 unspecified atom stereocenters. The van der Waals surface area contributed by atoms with Gasteiger partial charge in [0.2, 0.25) is 5.91 Å². The lowest BCUT2D eigenvalue weighted by atomic mass is 9.49. The molecule has 4 fully saturated rings. The monoisotopic (exact) mass is 328 g/mol. The van der Waals surface area contributed by atoms with Gasteiger partial charge in [0.15, 0.2) is 0 Å². The third-order valence-corrected chi connectivity index (χ3v) is 6.49. The molecule has 0 aromatic carbocycles. The van der Waals surface area contributed by atoms with Crippen LogP contribution in [0, 0.1) is 29.1 Å². The maximum atomic E-state index is 13.1. The molecule has 4 rings (SSSR count). The van der Waals surface area contributed by atoms with E-state index in [0.29, 0.717) is 11.8 Å². The Kier molecular flexibility index (Phi) is 5.49. The fraction of sp³-hybridized carbons (Fsp3) is 0.944. The van der Waals surface area contributed by atoms with Gasteiger partial charge in [-0.1, -0.05) is 13.8 Å². The summed E-state index contributed by atoms with van der Waals surface area (Å²) in [7, 11) is 1.99. The van der Waals surface area contributed by atoms with Gasteiger partial charge >= 0.3 is 0 Å². The van der Waals surface area contributed by atoms with Gasteiger partial charge in [-0.15, -0.1) is 12.4 Å². The normalized spacial score (nSPS) is 37.0. The molecule has 1 amide bonds. The van der Waals surface area contributed by atoms with Crippen molar-refractivity contribution >= 4 is 18.3 Å². The molecule has 4 aliphatic carbocycles. The van der Waals surface area contributed by atoms with Crippen LogP contribution in [0.4, 0.5) is 0 Å². The second kappa shape index (κ2) is 6.68. The van der Waals surface area contributed by atoms with E-state index in [1.54, 1.807) is 0 Å². The number of hydrogen-bond donors (Lipinski definition) is 1. The standard InChI is InChI=1S/C18H32N2O.ClH/c1-12(2)16(19)4-5-20(3)17(21)18-9-13-6-14(10-18)8-15(7-13)11-18;/h12-16H,4-11,19H2,1-3H3;1H. The van der Waals surface area contributed by atoms with Crippen molar-refractivity contribution < 1.29 is 4.79 Å². The van der Waals surface area contributed by atoms with E-state index in [4.69, 9.17) is 5.73 Å². The minimum atomic E-state index is 0. The molecule has 0 aromatic heterocycles. The molecule has 3 nitrogen and oxygen atoms in total. The first-order chi connectivity index (χ1) is 9.89. The van der Waals surface area contributed by atoms with Crippen LogP contribution >= 0.6 is 12.4 Å². The van der Waals surface area contributed by atoms with Gasteiger partial charge in [-0.2, -0.15) is 0 Å². The summed E-state index contributed by atoms with van der Waals surface area (Å²) in [4.78, 5) is 15.1. The second-order valence-electron chi connectivity index (χ2n) is 8.62.